The molecule has 0 aromatic heterocycles. The van der Waals surface area contributed by atoms with Crippen molar-refractivity contribution >= 4 is 6.09 Å². The maximum Gasteiger partial charge on any atom is 0.410 e. The number of piperidine rings is 1. The lowest BCUT2D eigenvalue weighted by atomic mass is 9.96. The van der Waals surface area contributed by atoms with E-state index < -0.39 is 0 Å². The molecule has 3 atom stereocenters. The minimum absolute atomic E-state index is 0.174. The van der Waals surface area contributed by atoms with E-state index in [1.54, 1.807) is 0 Å². The van der Waals surface area contributed by atoms with Gasteiger partial charge in [0.1, 0.15) is 6.61 Å². The van der Waals surface area contributed by atoms with E-state index in [1.807, 2.05) is 35.2 Å². The SMILES string of the molecule is NCC1CCN(C(=O)OCc2ccccc2)C2CC12. The zero-order valence-electron chi connectivity index (χ0n) is 11.0. The van der Waals surface area contributed by atoms with Crippen LogP contribution >= 0.6 is 0 Å². The van der Waals surface area contributed by atoms with Crippen LogP contribution in [0.1, 0.15) is 18.4 Å². The summed E-state index contributed by atoms with van der Waals surface area (Å²) < 4.78 is 5.39. The lowest BCUT2D eigenvalue weighted by Crippen LogP contribution is -2.41. The number of nitrogens with two attached hydrogens (primary N) is 1. The molecule has 2 N–H and O–H groups in total. The lowest BCUT2D eigenvalue weighted by Gasteiger charge is -2.30. The zero-order chi connectivity index (χ0) is 13.2. The molecule has 0 bridgehead atoms. The van der Waals surface area contributed by atoms with Crippen LogP contribution in [0.4, 0.5) is 4.79 Å². The smallest absolute Gasteiger partial charge is 0.410 e. The second-order valence-electron chi connectivity index (χ2n) is 5.48. The molecule has 2 fully saturated rings. The summed E-state index contributed by atoms with van der Waals surface area (Å²) in [6.07, 6.45) is 1.94. The van der Waals surface area contributed by atoms with Crippen LogP contribution in [0.2, 0.25) is 0 Å². The standard InChI is InChI=1S/C15H20N2O2/c16-9-12-6-7-17(14-8-13(12)14)15(18)19-10-11-4-2-1-3-5-11/h1-5,12-14H,6-10,16H2. The van der Waals surface area contributed by atoms with Crippen LogP contribution in [0.25, 0.3) is 0 Å². The van der Waals surface area contributed by atoms with E-state index >= 15 is 0 Å². The number of carbonyl (C=O) groups is 1. The molecule has 19 heavy (non-hydrogen) atoms. The molecule has 4 heteroatoms. The number of amides is 1. The van der Waals surface area contributed by atoms with Crippen LogP contribution in [0, 0.1) is 11.8 Å². The summed E-state index contributed by atoms with van der Waals surface area (Å²) >= 11 is 0. The van der Waals surface area contributed by atoms with E-state index in [9.17, 15) is 4.79 Å². The minimum atomic E-state index is -0.174. The van der Waals surface area contributed by atoms with E-state index in [1.165, 1.54) is 0 Å². The van der Waals surface area contributed by atoms with Gasteiger partial charge in [0.25, 0.3) is 0 Å². The number of benzene rings is 1. The summed E-state index contributed by atoms with van der Waals surface area (Å²) in [6, 6.07) is 10.2. The quantitative estimate of drug-likeness (QED) is 0.904. The van der Waals surface area contributed by atoms with Gasteiger partial charge in [0.2, 0.25) is 0 Å². The second kappa shape index (κ2) is 5.21. The van der Waals surface area contributed by atoms with Crippen LogP contribution in [-0.4, -0.2) is 30.1 Å². The topological polar surface area (TPSA) is 55.6 Å². The molecule has 1 saturated carbocycles. The molecule has 1 aliphatic heterocycles. The Morgan fingerprint density at radius 2 is 2.16 bits per heavy atom. The van der Waals surface area contributed by atoms with Gasteiger partial charge in [-0.1, -0.05) is 30.3 Å². The van der Waals surface area contributed by atoms with E-state index in [2.05, 4.69) is 0 Å². The van der Waals surface area contributed by atoms with Gasteiger partial charge in [-0.05, 0) is 36.8 Å². The van der Waals surface area contributed by atoms with Gasteiger partial charge in [-0.25, -0.2) is 4.79 Å². The molecule has 1 aromatic rings. The van der Waals surface area contributed by atoms with Gasteiger partial charge in [0.05, 0.1) is 0 Å². The molecule has 0 spiro atoms. The maximum absolute atomic E-state index is 12.1. The molecule has 1 saturated heterocycles. The van der Waals surface area contributed by atoms with Crippen LogP contribution in [-0.2, 0) is 11.3 Å². The highest BCUT2D eigenvalue weighted by Gasteiger charge is 2.51. The molecular weight excluding hydrogens is 240 g/mol. The summed E-state index contributed by atoms with van der Waals surface area (Å²) in [5.41, 5.74) is 6.77. The molecule has 102 valence electrons. The fraction of sp³-hybridized carbons (Fsp3) is 0.533. The summed E-state index contributed by atoms with van der Waals surface area (Å²) in [5, 5.41) is 0. The van der Waals surface area contributed by atoms with Crippen molar-refractivity contribution in [3.8, 4) is 0 Å². The Morgan fingerprint density at radius 1 is 1.37 bits per heavy atom. The molecule has 4 nitrogen and oxygen atoms in total. The molecule has 3 rings (SSSR count). The first kappa shape index (κ1) is 12.5. The summed E-state index contributed by atoms with van der Waals surface area (Å²) in [6.45, 7) is 1.89. The number of hydrogen-bond acceptors (Lipinski definition) is 3. The highest BCUT2D eigenvalue weighted by Crippen LogP contribution is 2.46. The number of carbonyl (C=O) groups excluding carboxylic acids is 1. The number of fused-ring (bicyclic) bond motifs is 1. The Labute approximate surface area is 113 Å². The molecule has 1 heterocycles. The third-order valence-corrected chi connectivity index (χ3v) is 4.29. The first-order valence-corrected chi connectivity index (χ1v) is 6.97. The van der Waals surface area contributed by atoms with Crippen LogP contribution in [0.15, 0.2) is 30.3 Å². The first-order chi connectivity index (χ1) is 9.29. The van der Waals surface area contributed by atoms with Crippen molar-refractivity contribution in [2.45, 2.75) is 25.5 Å². The molecule has 1 amide bonds. The van der Waals surface area contributed by atoms with Gasteiger partial charge >= 0.3 is 6.09 Å². The number of rotatable bonds is 3. The van der Waals surface area contributed by atoms with Gasteiger partial charge in [-0.15, -0.1) is 0 Å². The molecule has 3 unspecified atom stereocenters. The van der Waals surface area contributed by atoms with Crippen molar-refractivity contribution < 1.29 is 9.53 Å². The zero-order valence-corrected chi connectivity index (χ0v) is 11.0. The first-order valence-electron chi connectivity index (χ1n) is 6.97. The Balaban J connectivity index is 1.52. The second-order valence-corrected chi connectivity index (χ2v) is 5.48. The fourth-order valence-electron chi connectivity index (χ4n) is 3.07. The molecule has 1 aromatic carbocycles. The van der Waals surface area contributed by atoms with E-state index in [-0.39, 0.29) is 6.09 Å². The van der Waals surface area contributed by atoms with Gasteiger partial charge in [-0.3, -0.25) is 0 Å². The highest BCUT2D eigenvalue weighted by atomic mass is 16.6. The fourth-order valence-corrected chi connectivity index (χ4v) is 3.07. The number of hydrogen-bond donors (Lipinski definition) is 1. The highest BCUT2D eigenvalue weighted by molar-refractivity contribution is 5.69. The van der Waals surface area contributed by atoms with E-state index in [4.69, 9.17) is 10.5 Å². The largest absolute Gasteiger partial charge is 0.445 e. The predicted octanol–water partition coefficient (Wildman–Crippen LogP) is 1.99. The summed E-state index contributed by atoms with van der Waals surface area (Å²) in [4.78, 5) is 14.0. The average Bonchev–Trinajstić information content (AvgIpc) is 3.25. The van der Waals surface area contributed by atoms with E-state index in [0.717, 1.165) is 31.5 Å². The van der Waals surface area contributed by atoms with Crippen molar-refractivity contribution in [3.63, 3.8) is 0 Å². The number of likely N-dealkylation sites (tertiary alicyclic amines) is 1. The van der Waals surface area contributed by atoms with Crippen molar-refractivity contribution in [2.24, 2.45) is 17.6 Å². The lowest BCUT2D eigenvalue weighted by molar-refractivity contribution is 0.0795. The van der Waals surface area contributed by atoms with Gasteiger partial charge in [0.15, 0.2) is 0 Å². The summed E-state index contributed by atoms with van der Waals surface area (Å²) in [7, 11) is 0. The van der Waals surface area contributed by atoms with Crippen molar-refractivity contribution in [2.75, 3.05) is 13.1 Å². The third kappa shape index (κ3) is 2.59. The van der Waals surface area contributed by atoms with Crippen molar-refractivity contribution in [1.82, 2.24) is 4.90 Å². The number of nitrogens with zero attached hydrogens (tertiary/aromatic N) is 1. The van der Waals surface area contributed by atoms with Gasteiger partial charge < -0.3 is 15.4 Å². The summed E-state index contributed by atoms with van der Waals surface area (Å²) in [5.74, 6) is 1.21. The Kier molecular flexibility index (Phi) is 3.42. The average molecular weight is 260 g/mol. The van der Waals surface area contributed by atoms with Crippen LogP contribution in [0.5, 0.6) is 0 Å². The minimum Gasteiger partial charge on any atom is -0.445 e. The monoisotopic (exact) mass is 260 g/mol. The predicted molar refractivity (Wildman–Crippen MR) is 72.4 cm³/mol. The molecule has 2 aliphatic rings. The third-order valence-electron chi connectivity index (χ3n) is 4.29. The number of ether oxygens (including phenoxy) is 1. The Bertz CT molecular complexity index is 449. The Morgan fingerprint density at radius 3 is 2.89 bits per heavy atom. The maximum atomic E-state index is 12.1. The van der Waals surface area contributed by atoms with Crippen molar-refractivity contribution in [1.29, 1.82) is 0 Å². The Hall–Kier alpha value is -1.55. The van der Waals surface area contributed by atoms with E-state index in [0.29, 0.717) is 24.5 Å². The molecule has 0 radical (unpaired) electrons. The van der Waals surface area contributed by atoms with Crippen LogP contribution < -0.4 is 5.73 Å². The van der Waals surface area contributed by atoms with Crippen molar-refractivity contribution in [3.05, 3.63) is 35.9 Å². The van der Waals surface area contributed by atoms with Gasteiger partial charge in [-0.2, -0.15) is 0 Å². The molecular formula is C15H20N2O2. The van der Waals surface area contributed by atoms with Crippen LogP contribution in [0.3, 0.4) is 0 Å². The van der Waals surface area contributed by atoms with Gasteiger partial charge in [0, 0.05) is 12.6 Å². The molecule has 1 aliphatic carbocycles. The normalized spacial score (nSPS) is 28.7.